The molecule has 1 N–H and O–H groups in total. The van der Waals surface area contributed by atoms with Gasteiger partial charge in [-0.05, 0) is 43.0 Å². The minimum absolute atomic E-state index is 0.414. The molecule has 1 saturated carbocycles. The van der Waals surface area contributed by atoms with Crippen molar-refractivity contribution in [1.29, 1.82) is 0 Å². The van der Waals surface area contributed by atoms with Crippen LogP contribution in [0.15, 0.2) is 18.2 Å². The molecule has 1 heterocycles. The Bertz CT molecular complexity index is 433. The average molecular weight is 247 g/mol. The molecule has 0 saturated heterocycles. The standard InChI is InChI=1S/C15H21NO2/c1-10-7-11(10)9-16-14-5-6-18-15-4-3-12(17-2)8-13(14)15/h3-4,8,10-11,14,16H,5-7,9H2,1-2H3. The second kappa shape index (κ2) is 4.81. The fourth-order valence-electron chi connectivity index (χ4n) is 2.69. The smallest absolute Gasteiger partial charge is 0.124 e. The lowest BCUT2D eigenvalue weighted by Gasteiger charge is -2.27. The van der Waals surface area contributed by atoms with Gasteiger partial charge in [0.05, 0.1) is 13.7 Å². The molecule has 0 amide bonds. The maximum Gasteiger partial charge on any atom is 0.124 e. The van der Waals surface area contributed by atoms with Crippen LogP contribution in [0.1, 0.15) is 31.4 Å². The van der Waals surface area contributed by atoms with Gasteiger partial charge in [-0.1, -0.05) is 6.92 Å². The van der Waals surface area contributed by atoms with Crippen molar-refractivity contribution >= 4 is 0 Å². The molecule has 1 aliphatic heterocycles. The normalized spacial score (nSPS) is 29.3. The quantitative estimate of drug-likeness (QED) is 0.887. The number of fused-ring (bicyclic) bond motifs is 1. The van der Waals surface area contributed by atoms with Gasteiger partial charge in [-0.25, -0.2) is 0 Å². The van der Waals surface area contributed by atoms with E-state index in [-0.39, 0.29) is 0 Å². The Hall–Kier alpha value is -1.22. The number of hydrogen-bond donors (Lipinski definition) is 1. The van der Waals surface area contributed by atoms with Gasteiger partial charge in [0.15, 0.2) is 0 Å². The monoisotopic (exact) mass is 247 g/mol. The Kier molecular flexibility index (Phi) is 3.16. The Morgan fingerprint density at radius 1 is 1.44 bits per heavy atom. The van der Waals surface area contributed by atoms with Gasteiger partial charge in [0, 0.05) is 18.0 Å². The van der Waals surface area contributed by atoms with Crippen LogP contribution in [-0.2, 0) is 0 Å². The molecule has 1 aromatic rings. The van der Waals surface area contributed by atoms with Crippen LogP contribution in [0.3, 0.4) is 0 Å². The minimum Gasteiger partial charge on any atom is -0.497 e. The SMILES string of the molecule is COc1ccc2c(c1)C(NCC1CC1C)CCO2. The van der Waals surface area contributed by atoms with Crippen LogP contribution in [0.4, 0.5) is 0 Å². The summed E-state index contributed by atoms with van der Waals surface area (Å²) in [6.45, 7) is 4.26. The zero-order valence-corrected chi connectivity index (χ0v) is 11.1. The lowest BCUT2D eigenvalue weighted by atomic mass is 10.00. The summed E-state index contributed by atoms with van der Waals surface area (Å²) in [6, 6.07) is 6.49. The topological polar surface area (TPSA) is 30.5 Å². The molecule has 3 heteroatoms. The van der Waals surface area contributed by atoms with E-state index < -0.39 is 0 Å². The van der Waals surface area contributed by atoms with Crippen LogP contribution in [0.25, 0.3) is 0 Å². The average Bonchev–Trinajstić information content (AvgIpc) is 3.11. The molecule has 3 rings (SSSR count). The van der Waals surface area contributed by atoms with Crippen LogP contribution < -0.4 is 14.8 Å². The number of methoxy groups -OCH3 is 1. The molecule has 1 aliphatic carbocycles. The highest BCUT2D eigenvalue weighted by atomic mass is 16.5. The van der Waals surface area contributed by atoms with E-state index in [0.29, 0.717) is 6.04 Å². The van der Waals surface area contributed by atoms with E-state index >= 15 is 0 Å². The maximum absolute atomic E-state index is 5.70. The highest BCUT2D eigenvalue weighted by Crippen LogP contribution is 2.39. The van der Waals surface area contributed by atoms with E-state index in [0.717, 1.165) is 42.9 Å². The predicted octanol–water partition coefficient (Wildman–Crippen LogP) is 2.76. The third-order valence-corrected chi connectivity index (χ3v) is 4.16. The summed E-state index contributed by atoms with van der Waals surface area (Å²) in [5, 5.41) is 3.69. The van der Waals surface area contributed by atoms with Gasteiger partial charge in [0.1, 0.15) is 11.5 Å². The molecule has 3 nitrogen and oxygen atoms in total. The fourth-order valence-corrected chi connectivity index (χ4v) is 2.69. The van der Waals surface area contributed by atoms with E-state index in [1.165, 1.54) is 12.0 Å². The van der Waals surface area contributed by atoms with Gasteiger partial charge < -0.3 is 14.8 Å². The molecule has 3 unspecified atom stereocenters. The van der Waals surface area contributed by atoms with Crippen molar-refractivity contribution in [1.82, 2.24) is 5.32 Å². The van der Waals surface area contributed by atoms with Crippen LogP contribution in [0.5, 0.6) is 11.5 Å². The minimum atomic E-state index is 0.414. The Morgan fingerprint density at radius 2 is 2.28 bits per heavy atom. The third kappa shape index (κ3) is 2.32. The summed E-state index contributed by atoms with van der Waals surface area (Å²) in [5.74, 6) is 3.69. The van der Waals surface area contributed by atoms with Crippen LogP contribution in [0, 0.1) is 11.8 Å². The summed E-state index contributed by atoms with van der Waals surface area (Å²) in [6.07, 6.45) is 2.42. The van der Waals surface area contributed by atoms with E-state index in [9.17, 15) is 0 Å². The molecular formula is C15H21NO2. The van der Waals surface area contributed by atoms with Gasteiger partial charge in [0.25, 0.3) is 0 Å². The second-order valence-electron chi connectivity index (χ2n) is 5.47. The highest BCUT2D eigenvalue weighted by Gasteiger charge is 2.33. The summed E-state index contributed by atoms with van der Waals surface area (Å²) in [4.78, 5) is 0. The van der Waals surface area contributed by atoms with Gasteiger partial charge in [-0.15, -0.1) is 0 Å². The van der Waals surface area contributed by atoms with Crippen LogP contribution in [0.2, 0.25) is 0 Å². The van der Waals surface area contributed by atoms with Crippen molar-refractivity contribution < 1.29 is 9.47 Å². The lowest BCUT2D eigenvalue weighted by molar-refractivity contribution is 0.250. The van der Waals surface area contributed by atoms with Crippen molar-refractivity contribution in [2.75, 3.05) is 20.3 Å². The molecule has 0 spiro atoms. The third-order valence-electron chi connectivity index (χ3n) is 4.16. The van der Waals surface area contributed by atoms with E-state index in [4.69, 9.17) is 9.47 Å². The zero-order chi connectivity index (χ0) is 12.5. The summed E-state index contributed by atoms with van der Waals surface area (Å²) in [7, 11) is 1.71. The molecule has 0 bridgehead atoms. The molecule has 0 aromatic heterocycles. The van der Waals surface area contributed by atoms with Crippen molar-refractivity contribution in [2.24, 2.45) is 11.8 Å². The molecule has 18 heavy (non-hydrogen) atoms. The first-order valence-corrected chi connectivity index (χ1v) is 6.82. The molecule has 1 aromatic carbocycles. The second-order valence-corrected chi connectivity index (χ2v) is 5.47. The largest absolute Gasteiger partial charge is 0.497 e. The Balaban J connectivity index is 1.72. The molecule has 98 valence electrons. The molecule has 1 fully saturated rings. The summed E-state index contributed by atoms with van der Waals surface area (Å²) in [5.41, 5.74) is 1.24. The molecule has 3 atom stereocenters. The number of rotatable bonds is 4. The van der Waals surface area contributed by atoms with E-state index in [2.05, 4.69) is 18.3 Å². The summed E-state index contributed by atoms with van der Waals surface area (Å²) >= 11 is 0. The first-order valence-electron chi connectivity index (χ1n) is 6.82. The number of hydrogen-bond acceptors (Lipinski definition) is 3. The van der Waals surface area contributed by atoms with Crippen molar-refractivity contribution in [3.05, 3.63) is 23.8 Å². The Morgan fingerprint density at radius 3 is 3.00 bits per heavy atom. The van der Waals surface area contributed by atoms with Gasteiger partial charge in [0.2, 0.25) is 0 Å². The first kappa shape index (κ1) is 11.8. The fraction of sp³-hybridized carbons (Fsp3) is 0.600. The van der Waals surface area contributed by atoms with Crippen molar-refractivity contribution in [3.63, 3.8) is 0 Å². The highest BCUT2D eigenvalue weighted by molar-refractivity contribution is 5.43. The van der Waals surface area contributed by atoms with Gasteiger partial charge >= 0.3 is 0 Å². The van der Waals surface area contributed by atoms with E-state index in [1.807, 2.05) is 12.1 Å². The first-order chi connectivity index (χ1) is 8.78. The van der Waals surface area contributed by atoms with Gasteiger partial charge in [-0.3, -0.25) is 0 Å². The van der Waals surface area contributed by atoms with Crippen molar-refractivity contribution in [2.45, 2.75) is 25.8 Å². The lowest BCUT2D eigenvalue weighted by Crippen LogP contribution is -2.28. The van der Waals surface area contributed by atoms with E-state index in [1.54, 1.807) is 7.11 Å². The number of ether oxygens (including phenoxy) is 2. The van der Waals surface area contributed by atoms with Crippen LogP contribution >= 0.6 is 0 Å². The molecule has 0 radical (unpaired) electrons. The van der Waals surface area contributed by atoms with Crippen LogP contribution in [-0.4, -0.2) is 20.3 Å². The number of benzene rings is 1. The summed E-state index contributed by atoms with van der Waals surface area (Å²) < 4.78 is 11.0. The van der Waals surface area contributed by atoms with Gasteiger partial charge in [-0.2, -0.15) is 0 Å². The number of nitrogens with one attached hydrogen (secondary N) is 1. The molecule has 2 aliphatic rings. The molecular weight excluding hydrogens is 226 g/mol. The Labute approximate surface area is 108 Å². The van der Waals surface area contributed by atoms with Crippen molar-refractivity contribution in [3.8, 4) is 11.5 Å². The zero-order valence-electron chi connectivity index (χ0n) is 11.1. The predicted molar refractivity (Wildman–Crippen MR) is 71.1 cm³/mol. The maximum atomic E-state index is 5.70.